The molecular weight excluding hydrogens is 471 g/mol. The van der Waals surface area contributed by atoms with Crippen molar-refractivity contribution in [3.63, 3.8) is 0 Å². The summed E-state index contributed by atoms with van der Waals surface area (Å²) in [6, 6.07) is 13.9. The molecule has 0 aliphatic carbocycles. The Balaban J connectivity index is 1.42. The van der Waals surface area contributed by atoms with Crippen LogP contribution in [-0.2, 0) is 9.59 Å². The minimum absolute atomic E-state index is 0.164. The van der Waals surface area contributed by atoms with Gasteiger partial charge in [0.1, 0.15) is 0 Å². The van der Waals surface area contributed by atoms with Gasteiger partial charge in [-0.2, -0.15) is 4.37 Å². The van der Waals surface area contributed by atoms with E-state index in [2.05, 4.69) is 20.0 Å². The SMILES string of the molecule is O=C(CSc1nsc(SCC(=O)Nc2cccc(Cl)c2)n1)Nc1cccc(Cl)c1. The molecule has 0 radical (unpaired) electrons. The van der Waals surface area contributed by atoms with Gasteiger partial charge in [0, 0.05) is 21.4 Å². The Hall–Kier alpha value is -1.78. The lowest BCUT2D eigenvalue weighted by Gasteiger charge is -2.04. The average molecular weight is 485 g/mol. The fourth-order valence-electron chi connectivity index (χ4n) is 2.10. The lowest BCUT2D eigenvalue weighted by atomic mass is 10.3. The van der Waals surface area contributed by atoms with Crippen molar-refractivity contribution in [1.82, 2.24) is 9.36 Å². The Morgan fingerprint density at radius 2 is 1.45 bits per heavy atom. The number of aromatic nitrogens is 2. The molecule has 0 saturated carbocycles. The zero-order chi connectivity index (χ0) is 20.6. The van der Waals surface area contributed by atoms with Crippen LogP contribution in [0.5, 0.6) is 0 Å². The second kappa shape index (κ2) is 10.8. The van der Waals surface area contributed by atoms with Crippen LogP contribution in [0.3, 0.4) is 0 Å². The van der Waals surface area contributed by atoms with Crippen molar-refractivity contribution in [1.29, 1.82) is 0 Å². The number of halogens is 2. The third kappa shape index (κ3) is 7.52. The van der Waals surface area contributed by atoms with E-state index in [9.17, 15) is 9.59 Å². The van der Waals surface area contributed by atoms with Crippen LogP contribution in [-0.4, -0.2) is 32.7 Å². The smallest absolute Gasteiger partial charge is 0.234 e. The maximum absolute atomic E-state index is 12.0. The van der Waals surface area contributed by atoms with Crippen LogP contribution in [0.15, 0.2) is 58.0 Å². The first kappa shape index (κ1) is 21.9. The molecule has 0 aliphatic heterocycles. The Morgan fingerprint density at radius 3 is 2.00 bits per heavy atom. The Bertz CT molecular complexity index is 938. The van der Waals surface area contributed by atoms with Gasteiger partial charge in [-0.15, -0.1) is 0 Å². The summed E-state index contributed by atoms with van der Waals surface area (Å²) in [6.07, 6.45) is 0. The van der Waals surface area contributed by atoms with E-state index in [-0.39, 0.29) is 23.3 Å². The molecule has 0 aliphatic rings. The molecule has 0 fully saturated rings. The van der Waals surface area contributed by atoms with Gasteiger partial charge in [0.25, 0.3) is 0 Å². The van der Waals surface area contributed by atoms with Crippen molar-refractivity contribution < 1.29 is 9.59 Å². The van der Waals surface area contributed by atoms with Crippen molar-refractivity contribution in [3.8, 4) is 0 Å². The standard InChI is InChI=1S/C18H14Cl2N4O2S3/c19-11-3-1-5-13(7-11)21-15(25)9-27-17-23-18(29-24-17)28-10-16(26)22-14-6-2-4-12(20)8-14/h1-8H,9-10H2,(H,21,25)(H,22,26). The molecule has 0 atom stereocenters. The fraction of sp³-hybridized carbons (Fsp3) is 0.111. The van der Waals surface area contributed by atoms with Crippen LogP contribution in [0.2, 0.25) is 10.0 Å². The first-order valence-electron chi connectivity index (χ1n) is 8.18. The molecule has 6 nitrogen and oxygen atoms in total. The Kier molecular flexibility index (Phi) is 8.19. The summed E-state index contributed by atoms with van der Waals surface area (Å²) in [5, 5.41) is 7.14. The maximum atomic E-state index is 12.0. The van der Waals surface area contributed by atoms with Gasteiger partial charge in [-0.25, -0.2) is 4.98 Å². The van der Waals surface area contributed by atoms with E-state index >= 15 is 0 Å². The number of nitrogens with one attached hydrogen (secondary N) is 2. The highest BCUT2D eigenvalue weighted by Crippen LogP contribution is 2.25. The van der Waals surface area contributed by atoms with Crippen molar-refractivity contribution in [2.75, 3.05) is 22.1 Å². The molecular formula is C18H14Cl2N4O2S3. The highest BCUT2D eigenvalue weighted by Gasteiger charge is 2.11. The lowest BCUT2D eigenvalue weighted by Crippen LogP contribution is -2.14. The van der Waals surface area contributed by atoms with Crippen LogP contribution in [0.4, 0.5) is 11.4 Å². The second-order valence-corrected chi connectivity index (χ2v) is 9.33. The number of hydrogen-bond donors (Lipinski definition) is 2. The number of nitrogens with zero attached hydrogens (tertiary/aromatic N) is 2. The molecule has 2 aromatic carbocycles. The van der Waals surface area contributed by atoms with Gasteiger partial charge in [0.2, 0.25) is 17.0 Å². The number of hydrogen-bond acceptors (Lipinski definition) is 7. The lowest BCUT2D eigenvalue weighted by molar-refractivity contribution is -0.114. The summed E-state index contributed by atoms with van der Waals surface area (Å²) in [6.45, 7) is 0. The van der Waals surface area contributed by atoms with E-state index in [1.807, 2.05) is 0 Å². The molecule has 1 heterocycles. The number of benzene rings is 2. The van der Waals surface area contributed by atoms with Gasteiger partial charge in [-0.1, -0.05) is 58.9 Å². The zero-order valence-electron chi connectivity index (χ0n) is 14.7. The molecule has 3 rings (SSSR count). The highest BCUT2D eigenvalue weighted by atomic mass is 35.5. The minimum Gasteiger partial charge on any atom is -0.325 e. The van der Waals surface area contributed by atoms with Crippen LogP contribution in [0.25, 0.3) is 0 Å². The summed E-state index contributed by atoms with van der Waals surface area (Å²) in [5.74, 6) is 0.0219. The molecule has 2 N–H and O–H groups in total. The monoisotopic (exact) mass is 484 g/mol. The van der Waals surface area contributed by atoms with Crippen LogP contribution < -0.4 is 10.6 Å². The van der Waals surface area contributed by atoms with E-state index < -0.39 is 0 Å². The maximum Gasteiger partial charge on any atom is 0.234 e. The summed E-state index contributed by atoms with van der Waals surface area (Å²) >= 11 is 15.5. The van der Waals surface area contributed by atoms with Gasteiger partial charge in [-0.05, 0) is 47.9 Å². The van der Waals surface area contributed by atoms with Crippen molar-refractivity contribution in [3.05, 3.63) is 58.6 Å². The van der Waals surface area contributed by atoms with Gasteiger partial charge in [0.05, 0.1) is 11.5 Å². The van der Waals surface area contributed by atoms with E-state index in [4.69, 9.17) is 23.2 Å². The molecule has 0 spiro atoms. The van der Waals surface area contributed by atoms with Crippen LogP contribution in [0, 0.1) is 0 Å². The third-order valence-electron chi connectivity index (χ3n) is 3.26. The number of thioether (sulfide) groups is 2. The van der Waals surface area contributed by atoms with E-state index in [1.54, 1.807) is 48.5 Å². The molecule has 2 amide bonds. The summed E-state index contributed by atoms with van der Waals surface area (Å²) < 4.78 is 4.86. The number of rotatable bonds is 8. The summed E-state index contributed by atoms with van der Waals surface area (Å²) in [5.41, 5.74) is 1.28. The molecule has 0 saturated heterocycles. The van der Waals surface area contributed by atoms with Crippen LogP contribution in [0.1, 0.15) is 0 Å². The number of amides is 2. The Labute approximate surface area is 190 Å². The number of carbonyl (C=O) groups excluding carboxylic acids is 2. The molecule has 29 heavy (non-hydrogen) atoms. The minimum atomic E-state index is -0.179. The topological polar surface area (TPSA) is 84.0 Å². The van der Waals surface area contributed by atoms with Gasteiger partial charge >= 0.3 is 0 Å². The van der Waals surface area contributed by atoms with Crippen molar-refractivity contribution in [2.45, 2.75) is 9.50 Å². The molecule has 11 heteroatoms. The van der Waals surface area contributed by atoms with Gasteiger partial charge < -0.3 is 10.6 Å². The van der Waals surface area contributed by atoms with E-state index in [0.717, 1.165) is 0 Å². The van der Waals surface area contributed by atoms with E-state index in [1.165, 1.54) is 35.1 Å². The summed E-state index contributed by atoms with van der Waals surface area (Å²) in [7, 11) is 0. The molecule has 1 aromatic heterocycles. The molecule has 0 unspecified atom stereocenters. The second-order valence-electron chi connectivity index (χ2n) is 5.54. The highest BCUT2D eigenvalue weighted by molar-refractivity contribution is 8.02. The van der Waals surface area contributed by atoms with Gasteiger partial charge in [0.15, 0.2) is 4.34 Å². The van der Waals surface area contributed by atoms with Crippen molar-refractivity contribution in [2.24, 2.45) is 0 Å². The zero-order valence-corrected chi connectivity index (χ0v) is 18.7. The normalized spacial score (nSPS) is 10.6. The number of carbonyl (C=O) groups is 2. The predicted octanol–water partition coefficient (Wildman–Crippen LogP) is 5.31. The first-order valence-corrected chi connectivity index (χ1v) is 11.7. The first-order chi connectivity index (χ1) is 14.0. The fourth-order valence-corrected chi connectivity index (χ4v) is 4.71. The number of anilines is 2. The average Bonchev–Trinajstić information content (AvgIpc) is 3.13. The largest absolute Gasteiger partial charge is 0.325 e. The van der Waals surface area contributed by atoms with E-state index in [0.29, 0.717) is 30.9 Å². The predicted molar refractivity (Wildman–Crippen MR) is 122 cm³/mol. The molecule has 0 bridgehead atoms. The summed E-state index contributed by atoms with van der Waals surface area (Å²) in [4.78, 5) is 28.4. The van der Waals surface area contributed by atoms with Gasteiger partial charge in [-0.3, -0.25) is 9.59 Å². The molecule has 150 valence electrons. The molecule has 3 aromatic rings. The quantitative estimate of drug-likeness (QED) is 0.421. The Morgan fingerprint density at radius 1 is 0.897 bits per heavy atom. The third-order valence-corrected chi connectivity index (χ3v) is 6.53. The van der Waals surface area contributed by atoms with Crippen molar-refractivity contribution >= 4 is 81.4 Å². The van der Waals surface area contributed by atoms with Crippen LogP contribution >= 0.6 is 58.3 Å².